The first-order valence-electron chi connectivity index (χ1n) is 5.64. The van der Waals surface area contributed by atoms with Gasteiger partial charge >= 0.3 is 5.97 Å². The number of likely N-dealkylation sites (N-methyl/N-ethyl adjacent to an activating group) is 1. The van der Waals surface area contributed by atoms with E-state index in [4.69, 9.17) is 4.74 Å². The van der Waals surface area contributed by atoms with Gasteiger partial charge in [0.05, 0.1) is 13.2 Å². The Labute approximate surface area is 98.0 Å². The molecule has 0 aliphatic carbocycles. The molecule has 0 aliphatic heterocycles. The molecule has 94 valence electrons. The van der Waals surface area contributed by atoms with Gasteiger partial charge in [-0.1, -0.05) is 0 Å². The predicted molar refractivity (Wildman–Crippen MR) is 63.2 cm³/mol. The standard InChI is InChI=1S/C12H23NO3/c1-7-16-11(15)12(4,5)10(14)8-13(6)9(2)3/h9H,7-8H2,1-6H3. The summed E-state index contributed by atoms with van der Waals surface area (Å²) >= 11 is 0. The van der Waals surface area contributed by atoms with E-state index in [1.54, 1.807) is 20.8 Å². The molecule has 0 rings (SSSR count). The van der Waals surface area contributed by atoms with E-state index >= 15 is 0 Å². The Morgan fingerprint density at radius 3 is 2.19 bits per heavy atom. The first-order chi connectivity index (χ1) is 7.23. The average molecular weight is 229 g/mol. The molecule has 16 heavy (non-hydrogen) atoms. The molecule has 0 aromatic heterocycles. The van der Waals surface area contributed by atoms with Crippen molar-refractivity contribution in [1.29, 1.82) is 0 Å². The van der Waals surface area contributed by atoms with Crippen molar-refractivity contribution in [3.05, 3.63) is 0 Å². The van der Waals surface area contributed by atoms with Gasteiger partial charge in [0.15, 0.2) is 5.78 Å². The molecular formula is C12H23NO3. The van der Waals surface area contributed by atoms with Crippen LogP contribution in [0.3, 0.4) is 0 Å². The normalized spacial score (nSPS) is 12.0. The predicted octanol–water partition coefficient (Wildman–Crippen LogP) is 1.48. The van der Waals surface area contributed by atoms with Crippen molar-refractivity contribution in [3.63, 3.8) is 0 Å². The summed E-state index contributed by atoms with van der Waals surface area (Å²) in [6, 6.07) is 0.280. The van der Waals surface area contributed by atoms with Crippen molar-refractivity contribution in [2.24, 2.45) is 5.41 Å². The zero-order chi connectivity index (χ0) is 12.9. The number of hydrogen-bond acceptors (Lipinski definition) is 4. The number of ether oxygens (including phenoxy) is 1. The van der Waals surface area contributed by atoms with Crippen LogP contribution < -0.4 is 0 Å². The number of carbonyl (C=O) groups excluding carboxylic acids is 2. The van der Waals surface area contributed by atoms with Crippen LogP contribution in [0.5, 0.6) is 0 Å². The zero-order valence-electron chi connectivity index (χ0n) is 11.2. The topological polar surface area (TPSA) is 46.6 Å². The molecule has 4 nitrogen and oxygen atoms in total. The summed E-state index contributed by atoms with van der Waals surface area (Å²) < 4.78 is 4.89. The number of ketones is 1. The summed E-state index contributed by atoms with van der Waals surface area (Å²) in [6.45, 7) is 9.54. The van der Waals surface area contributed by atoms with E-state index in [-0.39, 0.29) is 18.4 Å². The summed E-state index contributed by atoms with van der Waals surface area (Å²) in [6.07, 6.45) is 0. The lowest BCUT2D eigenvalue weighted by Crippen LogP contribution is -2.42. The minimum atomic E-state index is -1.06. The highest BCUT2D eigenvalue weighted by atomic mass is 16.5. The second-order valence-electron chi connectivity index (χ2n) is 4.78. The van der Waals surface area contributed by atoms with Gasteiger partial charge in [-0.05, 0) is 41.7 Å². The Morgan fingerprint density at radius 1 is 1.31 bits per heavy atom. The molecule has 0 fully saturated rings. The van der Waals surface area contributed by atoms with Crippen LogP contribution in [0.15, 0.2) is 0 Å². The van der Waals surface area contributed by atoms with Crippen molar-refractivity contribution in [2.75, 3.05) is 20.2 Å². The van der Waals surface area contributed by atoms with E-state index in [9.17, 15) is 9.59 Å². The van der Waals surface area contributed by atoms with Crippen LogP contribution in [0.2, 0.25) is 0 Å². The number of rotatable bonds is 6. The summed E-state index contributed by atoms with van der Waals surface area (Å²) in [5.41, 5.74) is -1.06. The fourth-order valence-electron chi connectivity index (χ4n) is 1.03. The van der Waals surface area contributed by atoms with Crippen LogP contribution in [-0.4, -0.2) is 42.9 Å². The number of Topliss-reactive ketones (excluding diaryl/α,β-unsaturated/α-hetero) is 1. The molecule has 0 aromatic carbocycles. The van der Waals surface area contributed by atoms with Gasteiger partial charge in [0, 0.05) is 6.04 Å². The van der Waals surface area contributed by atoms with Gasteiger partial charge in [-0.15, -0.1) is 0 Å². The van der Waals surface area contributed by atoms with Gasteiger partial charge in [0.1, 0.15) is 5.41 Å². The number of carbonyl (C=O) groups is 2. The van der Waals surface area contributed by atoms with Crippen LogP contribution >= 0.6 is 0 Å². The summed E-state index contributed by atoms with van der Waals surface area (Å²) in [5, 5.41) is 0. The molecule has 0 aliphatic rings. The SMILES string of the molecule is CCOC(=O)C(C)(C)C(=O)CN(C)C(C)C. The van der Waals surface area contributed by atoms with Crippen molar-refractivity contribution in [3.8, 4) is 0 Å². The fraction of sp³-hybridized carbons (Fsp3) is 0.833. The first-order valence-corrected chi connectivity index (χ1v) is 5.64. The van der Waals surface area contributed by atoms with E-state index in [1.165, 1.54) is 0 Å². The van der Waals surface area contributed by atoms with E-state index in [1.807, 2.05) is 25.8 Å². The maximum absolute atomic E-state index is 12.0. The molecule has 4 heteroatoms. The lowest BCUT2D eigenvalue weighted by atomic mass is 9.87. The number of nitrogens with zero attached hydrogens (tertiary/aromatic N) is 1. The van der Waals surface area contributed by atoms with E-state index in [0.29, 0.717) is 6.61 Å². The molecule has 0 N–H and O–H groups in total. The van der Waals surface area contributed by atoms with E-state index in [2.05, 4.69) is 0 Å². The molecule has 0 spiro atoms. The van der Waals surface area contributed by atoms with Gasteiger partial charge in [-0.3, -0.25) is 14.5 Å². The van der Waals surface area contributed by atoms with E-state index in [0.717, 1.165) is 0 Å². The third-order valence-electron chi connectivity index (χ3n) is 2.76. The van der Waals surface area contributed by atoms with Crippen LogP contribution in [0.1, 0.15) is 34.6 Å². The number of esters is 1. The van der Waals surface area contributed by atoms with Gasteiger partial charge in [0.25, 0.3) is 0 Å². The minimum absolute atomic E-state index is 0.109. The first kappa shape index (κ1) is 15.1. The van der Waals surface area contributed by atoms with Gasteiger partial charge in [-0.2, -0.15) is 0 Å². The lowest BCUT2D eigenvalue weighted by molar-refractivity contribution is -0.158. The molecule has 0 unspecified atom stereocenters. The largest absolute Gasteiger partial charge is 0.465 e. The maximum atomic E-state index is 12.0. The van der Waals surface area contributed by atoms with Crippen LogP contribution in [0.4, 0.5) is 0 Å². The monoisotopic (exact) mass is 229 g/mol. The van der Waals surface area contributed by atoms with Gasteiger partial charge in [-0.25, -0.2) is 0 Å². The third kappa shape index (κ3) is 3.93. The quantitative estimate of drug-likeness (QED) is 0.511. The molecule has 0 saturated heterocycles. The smallest absolute Gasteiger partial charge is 0.319 e. The third-order valence-corrected chi connectivity index (χ3v) is 2.76. The molecule has 0 atom stereocenters. The molecule has 0 radical (unpaired) electrons. The highest BCUT2D eigenvalue weighted by Crippen LogP contribution is 2.19. The van der Waals surface area contributed by atoms with Crippen molar-refractivity contribution in [2.45, 2.75) is 40.7 Å². The summed E-state index contributed by atoms with van der Waals surface area (Å²) in [4.78, 5) is 25.5. The Kier molecular flexibility index (Phi) is 5.65. The maximum Gasteiger partial charge on any atom is 0.319 e. The second-order valence-corrected chi connectivity index (χ2v) is 4.78. The molecule has 0 amide bonds. The van der Waals surface area contributed by atoms with E-state index < -0.39 is 11.4 Å². The number of hydrogen-bond donors (Lipinski definition) is 0. The second kappa shape index (κ2) is 5.99. The minimum Gasteiger partial charge on any atom is -0.465 e. The molecule has 0 heterocycles. The summed E-state index contributed by atoms with van der Waals surface area (Å²) in [5.74, 6) is -0.556. The highest BCUT2D eigenvalue weighted by molar-refractivity contribution is 6.03. The van der Waals surface area contributed by atoms with Crippen molar-refractivity contribution >= 4 is 11.8 Å². The van der Waals surface area contributed by atoms with Crippen molar-refractivity contribution < 1.29 is 14.3 Å². The van der Waals surface area contributed by atoms with Crippen molar-refractivity contribution in [1.82, 2.24) is 4.90 Å². The Morgan fingerprint density at radius 2 is 1.81 bits per heavy atom. The Hall–Kier alpha value is -0.900. The molecule has 0 aromatic rings. The van der Waals surface area contributed by atoms with Crippen LogP contribution in [-0.2, 0) is 14.3 Å². The van der Waals surface area contributed by atoms with Gasteiger partial charge < -0.3 is 4.74 Å². The average Bonchev–Trinajstić information content (AvgIpc) is 2.17. The fourth-order valence-corrected chi connectivity index (χ4v) is 1.03. The highest BCUT2D eigenvalue weighted by Gasteiger charge is 2.37. The zero-order valence-corrected chi connectivity index (χ0v) is 11.2. The van der Waals surface area contributed by atoms with Crippen LogP contribution in [0, 0.1) is 5.41 Å². The van der Waals surface area contributed by atoms with Crippen LogP contribution in [0.25, 0.3) is 0 Å². The van der Waals surface area contributed by atoms with Gasteiger partial charge in [0.2, 0.25) is 0 Å². The Bertz CT molecular complexity index is 259. The Balaban J connectivity index is 4.52. The molecule has 0 bridgehead atoms. The molecular weight excluding hydrogens is 206 g/mol. The summed E-state index contributed by atoms with van der Waals surface area (Å²) in [7, 11) is 1.86. The lowest BCUT2D eigenvalue weighted by Gasteiger charge is -2.26. The molecule has 0 saturated carbocycles.